The van der Waals surface area contributed by atoms with Crippen LogP contribution in [0.25, 0.3) is 6.08 Å². The molecule has 0 aliphatic carbocycles. The Morgan fingerprint density at radius 1 is 1.13 bits per heavy atom. The highest BCUT2D eigenvalue weighted by atomic mass is 35.5. The van der Waals surface area contributed by atoms with Gasteiger partial charge < -0.3 is 5.32 Å². The SMILES string of the molecule is Cc1cccc(NC(=O)C(C#N)=Cc2c(Cl)cccc2Cl)c1C. The fourth-order valence-corrected chi connectivity index (χ4v) is 2.52. The smallest absolute Gasteiger partial charge is 0.266 e. The fourth-order valence-electron chi connectivity index (χ4n) is 2.02. The Morgan fingerprint density at radius 3 is 2.35 bits per heavy atom. The monoisotopic (exact) mass is 344 g/mol. The van der Waals surface area contributed by atoms with Crippen molar-refractivity contribution in [2.45, 2.75) is 13.8 Å². The summed E-state index contributed by atoms with van der Waals surface area (Å²) in [6.07, 6.45) is 1.39. The predicted octanol–water partition coefficient (Wildman–Crippen LogP) is 5.16. The van der Waals surface area contributed by atoms with Gasteiger partial charge in [0.05, 0.1) is 0 Å². The zero-order valence-corrected chi connectivity index (χ0v) is 14.2. The zero-order valence-electron chi connectivity index (χ0n) is 12.7. The molecule has 0 aromatic heterocycles. The maximum atomic E-state index is 12.3. The Labute approximate surface area is 145 Å². The summed E-state index contributed by atoms with van der Waals surface area (Å²) in [5, 5.41) is 12.8. The van der Waals surface area contributed by atoms with Crippen LogP contribution in [-0.4, -0.2) is 5.91 Å². The van der Waals surface area contributed by atoms with Crippen molar-refractivity contribution >= 4 is 40.9 Å². The quantitative estimate of drug-likeness (QED) is 0.617. The van der Waals surface area contributed by atoms with Crippen LogP contribution in [0.15, 0.2) is 42.0 Å². The Kier molecular flexibility index (Phi) is 5.44. The molecule has 3 nitrogen and oxygen atoms in total. The molecule has 0 saturated carbocycles. The number of hydrogen-bond donors (Lipinski definition) is 1. The normalized spacial score (nSPS) is 11.0. The van der Waals surface area contributed by atoms with Crippen molar-refractivity contribution in [3.8, 4) is 6.07 Å². The van der Waals surface area contributed by atoms with Gasteiger partial charge in [-0.3, -0.25) is 4.79 Å². The summed E-state index contributed by atoms with van der Waals surface area (Å²) >= 11 is 12.1. The van der Waals surface area contributed by atoms with Crippen LogP contribution in [0.3, 0.4) is 0 Å². The first-order valence-corrected chi connectivity index (χ1v) is 7.63. The lowest BCUT2D eigenvalue weighted by molar-refractivity contribution is -0.112. The average Bonchev–Trinajstić information content (AvgIpc) is 2.51. The third kappa shape index (κ3) is 3.92. The highest BCUT2D eigenvalue weighted by Gasteiger charge is 2.13. The van der Waals surface area contributed by atoms with E-state index in [-0.39, 0.29) is 5.57 Å². The Balaban J connectivity index is 2.35. The first kappa shape index (κ1) is 17.1. The summed E-state index contributed by atoms with van der Waals surface area (Å²) in [4.78, 5) is 12.3. The zero-order chi connectivity index (χ0) is 17.0. The number of amides is 1. The largest absolute Gasteiger partial charge is 0.321 e. The summed E-state index contributed by atoms with van der Waals surface area (Å²) in [5.74, 6) is -0.503. The first-order chi connectivity index (χ1) is 10.9. The molecule has 2 rings (SSSR count). The van der Waals surface area contributed by atoms with Crippen LogP contribution in [0.2, 0.25) is 10.0 Å². The number of rotatable bonds is 3. The van der Waals surface area contributed by atoms with E-state index in [2.05, 4.69) is 5.32 Å². The van der Waals surface area contributed by atoms with E-state index >= 15 is 0 Å². The van der Waals surface area contributed by atoms with Gasteiger partial charge in [-0.25, -0.2) is 0 Å². The number of nitrogens with one attached hydrogen (secondary N) is 1. The topological polar surface area (TPSA) is 52.9 Å². The van der Waals surface area contributed by atoms with E-state index in [1.54, 1.807) is 24.3 Å². The van der Waals surface area contributed by atoms with Crippen LogP contribution in [0.1, 0.15) is 16.7 Å². The molecule has 0 spiro atoms. The van der Waals surface area contributed by atoms with Crippen LogP contribution < -0.4 is 5.32 Å². The summed E-state index contributed by atoms with van der Waals surface area (Å²) in [5.41, 5.74) is 3.05. The lowest BCUT2D eigenvalue weighted by Gasteiger charge is -2.10. The molecular weight excluding hydrogens is 331 g/mol. The predicted molar refractivity (Wildman–Crippen MR) is 94.6 cm³/mol. The molecule has 5 heteroatoms. The molecule has 0 fully saturated rings. The number of benzene rings is 2. The van der Waals surface area contributed by atoms with E-state index in [1.165, 1.54) is 6.08 Å². The highest BCUT2D eigenvalue weighted by Crippen LogP contribution is 2.27. The van der Waals surface area contributed by atoms with Crippen molar-refractivity contribution in [3.63, 3.8) is 0 Å². The van der Waals surface area contributed by atoms with Crippen molar-refractivity contribution in [1.82, 2.24) is 0 Å². The fraction of sp³-hybridized carbons (Fsp3) is 0.111. The highest BCUT2D eigenvalue weighted by molar-refractivity contribution is 6.37. The maximum absolute atomic E-state index is 12.3. The number of aryl methyl sites for hydroxylation is 1. The molecule has 1 N–H and O–H groups in total. The third-order valence-corrected chi connectivity index (χ3v) is 4.17. The van der Waals surface area contributed by atoms with Crippen LogP contribution in [0, 0.1) is 25.2 Å². The summed E-state index contributed by atoms with van der Waals surface area (Å²) in [6, 6.07) is 12.5. The van der Waals surface area contributed by atoms with Crippen molar-refractivity contribution in [1.29, 1.82) is 5.26 Å². The van der Waals surface area contributed by atoms with E-state index in [0.29, 0.717) is 21.3 Å². The first-order valence-electron chi connectivity index (χ1n) is 6.87. The van der Waals surface area contributed by atoms with Crippen molar-refractivity contribution < 1.29 is 4.79 Å². The number of carbonyl (C=O) groups is 1. The standard InChI is InChI=1S/C18H14Cl2N2O/c1-11-5-3-8-17(12(11)2)22-18(23)13(10-21)9-14-15(19)6-4-7-16(14)20/h3-9H,1-2H3,(H,22,23). The van der Waals surface area contributed by atoms with Gasteiger partial charge in [-0.2, -0.15) is 5.26 Å². The lowest BCUT2D eigenvalue weighted by Crippen LogP contribution is -2.14. The number of nitriles is 1. The summed E-state index contributed by atoms with van der Waals surface area (Å²) < 4.78 is 0. The van der Waals surface area contributed by atoms with Gasteiger partial charge in [0.1, 0.15) is 11.6 Å². The van der Waals surface area contributed by atoms with Gasteiger partial charge in [0.2, 0.25) is 0 Å². The minimum atomic E-state index is -0.503. The lowest BCUT2D eigenvalue weighted by atomic mass is 10.1. The molecule has 0 aliphatic rings. The van der Waals surface area contributed by atoms with E-state index in [4.69, 9.17) is 23.2 Å². The van der Waals surface area contributed by atoms with Gasteiger partial charge in [0.25, 0.3) is 5.91 Å². The number of carbonyl (C=O) groups excluding carboxylic acids is 1. The summed E-state index contributed by atoms with van der Waals surface area (Å²) in [6.45, 7) is 3.86. The van der Waals surface area contributed by atoms with Crippen molar-refractivity contribution in [2.75, 3.05) is 5.32 Å². The molecule has 23 heavy (non-hydrogen) atoms. The van der Waals surface area contributed by atoms with Gasteiger partial charge in [0, 0.05) is 21.3 Å². The minimum absolute atomic E-state index is 0.0686. The van der Waals surface area contributed by atoms with E-state index < -0.39 is 5.91 Å². The second-order valence-corrected chi connectivity index (χ2v) is 5.82. The average molecular weight is 345 g/mol. The molecule has 0 aliphatic heterocycles. The van der Waals surface area contributed by atoms with Crippen molar-refractivity contribution in [3.05, 3.63) is 68.7 Å². The number of nitrogens with zero attached hydrogens (tertiary/aromatic N) is 1. The van der Waals surface area contributed by atoms with Crippen LogP contribution in [-0.2, 0) is 4.79 Å². The Hall–Kier alpha value is -2.28. The van der Waals surface area contributed by atoms with E-state index in [9.17, 15) is 10.1 Å². The molecule has 0 saturated heterocycles. The van der Waals surface area contributed by atoms with Gasteiger partial charge in [-0.05, 0) is 49.2 Å². The Morgan fingerprint density at radius 2 is 1.74 bits per heavy atom. The molecule has 0 unspecified atom stereocenters. The molecule has 2 aromatic rings. The van der Waals surface area contributed by atoms with Crippen LogP contribution in [0.4, 0.5) is 5.69 Å². The number of hydrogen-bond acceptors (Lipinski definition) is 2. The van der Waals surface area contributed by atoms with E-state index in [1.807, 2.05) is 32.0 Å². The minimum Gasteiger partial charge on any atom is -0.321 e. The third-order valence-electron chi connectivity index (χ3n) is 3.51. The molecule has 116 valence electrons. The Bertz CT molecular complexity index is 815. The maximum Gasteiger partial charge on any atom is 0.266 e. The second-order valence-electron chi connectivity index (χ2n) is 5.01. The number of halogens is 2. The molecule has 2 aromatic carbocycles. The van der Waals surface area contributed by atoms with Crippen molar-refractivity contribution in [2.24, 2.45) is 0 Å². The molecule has 0 atom stereocenters. The van der Waals surface area contributed by atoms with Crippen LogP contribution >= 0.6 is 23.2 Å². The molecule has 1 amide bonds. The molecule has 0 radical (unpaired) electrons. The van der Waals surface area contributed by atoms with Gasteiger partial charge in [0.15, 0.2) is 0 Å². The number of anilines is 1. The summed E-state index contributed by atoms with van der Waals surface area (Å²) in [7, 11) is 0. The molecular formula is C18H14Cl2N2O. The molecule has 0 heterocycles. The van der Waals surface area contributed by atoms with Gasteiger partial charge in [-0.15, -0.1) is 0 Å². The second kappa shape index (κ2) is 7.32. The van der Waals surface area contributed by atoms with Crippen LogP contribution in [0.5, 0.6) is 0 Å². The van der Waals surface area contributed by atoms with E-state index in [0.717, 1.165) is 11.1 Å². The molecule has 0 bridgehead atoms. The van der Waals surface area contributed by atoms with Gasteiger partial charge in [-0.1, -0.05) is 41.4 Å². The van der Waals surface area contributed by atoms with Gasteiger partial charge >= 0.3 is 0 Å².